The number of hydrogen-bond donors (Lipinski definition) is 1. The molecule has 0 aliphatic heterocycles. The first-order valence-electron chi connectivity index (χ1n) is 9.11. The van der Waals surface area contributed by atoms with Crippen LogP contribution in [0.25, 0.3) is 0 Å². The van der Waals surface area contributed by atoms with Crippen molar-refractivity contribution in [1.29, 1.82) is 0 Å². The maximum absolute atomic E-state index is 11.6. The number of halogens is 1. The molecule has 5 heteroatoms. The first-order chi connectivity index (χ1) is 12.6. The maximum atomic E-state index is 11.6. The van der Waals surface area contributed by atoms with Gasteiger partial charge in [-0.15, -0.1) is 0 Å². The summed E-state index contributed by atoms with van der Waals surface area (Å²) < 4.78 is 23.1. The van der Waals surface area contributed by atoms with Crippen molar-refractivity contribution in [2.45, 2.75) is 64.2 Å². The van der Waals surface area contributed by atoms with E-state index in [9.17, 15) is 13.2 Å². The van der Waals surface area contributed by atoms with Crippen molar-refractivity contribution in [3.05, 3.63) is 63.7 Å². The van der Waals surface area contributed by atoms with Crippen LogP contribution in [0.15, 0.2) is 41.3 Å². The van der Waals surface area contributed by atoms with Crippen molar-refractivity contribution in [3.63, 3.8) is 0 Å². The molecule has 0 aromatic heterocycles. The second kappa shape index (κ2) is 10.6. The van der Waals surface area contributed by atoms with E-state index in [2.05, 4.69) is 26.0 Å². The van der Waals surface area contributed by atoms with Crippen LogP contribution in [0.1, 0.15) is 86.3 Å². The zero-order chi connectivity index (χ0) is 20.7. The van der Waals surface area contributed by atoms with E-state index in [4.69, 9.17) is 11.6 Å². The van der Waals surface area contributed by atoms with Gasteiger partial charge in [-0.3, -0.25) is 4.79 Å². The molecule has 0 fully saturated rings. The predicted octanol–water partition coefficient (Wildman–Crippen LogP) is 6.18. The zero-order valence-corrected chi connectivity index (χ0v) is 18.5. The number of aldehydes is 1. The summed E-state index contributed by atoms with van der Waals surface area (Å²) in [5, 5.41) is 0.507. The standard InChI is InChI=1S/C15H24O2S.C7H5ClO/c1-9(2)12-7-13(10(3)4)15(18(16)17)14(8-12)11(5)6;8-7-4-2-1-3-6(7)5-9/h7-11,18H,1-6H3;1-5H. The normalized spacial score (nSPS) is 11.1. The van der Waals surface area contributed by atoms with Crippen molar-refractivity contribution < 1.29 is 13.2 Å². The highest BCUT2D eigenvalue weighted by Gasteiger charge is 2.18. The molecule has 0 N–H and O–H groups in total. The lowest BCUT2D eigenvalue weighted by atomic mass is 9.89. The molecule has 148 valence electrons. The Labute approximate surface area is 169 Å². The van der Waals surface area contributed by atoms with Gasteiger partial charge in [0.25, 0.3) is 0 Å². The van der Waals surface area contributed by atoms with Crippen LogP contribution in [0.5, 0.6) is 0 Å². The summed E-state index contributed by atoms with van der Waals surface area (Å²) >= 11 is 5.59. The molecule has 2 aromatic rings. The van der Waals surface area contributed by atoms with Crippen LogP contribution in [-0.2, 0) is 10.7 Å². The van der Waals surface area contributed by atoms with Crippen LogP contribution < -0.4 is 0 Å². The van der Waals surface area contributed by atoms with Gasteiger partial charge in [-0.25, -0.2) is 8.42 Å². The minimum absolute atomic E-state index is 0.226. The summed E-state index contributed by atoms with van der Waals surface area (Å²) in [6.45, 7) is 12.5. The Morgan fingerprint density at radius 1 is 0.852 bits per heavy atom. The molecular weight excluding hydrogens is 380 g/mol. The highest BCUT2D eigenvalue weighted by molar-refractivity contribution is 7.72. The van der Waals surface area contributed by atoms with Crippen LogP contribution in [0.3, 0.4) is 0 Å². The Morgan fingerprint density at radius 2 is 1.33 bits per heavy atom. The maximum Gasteiger partial charge on any atom is 0.168 e. The van der Waals surface area contributed by atoms with Crippen LogP contribution in [0.4, 0.5) is 0 Å². The van der Waals surface area contributed by atoms with Crippen molar-refractivity contribution in [2.24, 2.45) is 0 Å². The molecule has 0 saturated heterocycles. The summed E-state index contributed by atoms with van der Waals surface area (Å²) in [6, 6.07) is 11.0. The minimum Gasteiger partial charge on any atom is -0.298 e. The number of benzene rings is 2. The lowest BCUT2D eigenvalue weighted by molar-refractivity contribution is 0.112. The van der Waals surface area contributed by atoms with Gasteiger partial charge in [-0.2, -0.15) is 0 Å². The van der Waals surface area contributed by atoms with Gasteiger partial charge < -0.3 is 0 Å². The molecule has 0 bridgehead atoms. The molecule has 3 nitrogen and oxygen atoms in total. The van der Waals surface area contributed by atoms with Gasteiger partial charge in [0, 0.05) is 5.56 Å². The third-order valence-electron chi connectivity index (χ3n) is 4.32. The average molecular weight is 409 g/mol. The van der Waals surface area contributed by atoms with E-state index in [0.29, 0.717) is 21.4 Å². The number of rotatable bonds is 5. The molecule has 2 rings (SSSR count). The minimum atomic E-state index is -2.53. The molecule has 0 unspecified atom stereocenters. The van der Waals surface area contributed by atoms with Crippen LogP contribution >= 0.6 is 11.6 Å². The first kappa shape index (κ1) is 23.4. The lowest BCUT2D eigenvalue weighted by Gasteiger charge is -2.19. The molecule has 0 aliphatic rings. The monoisotopic (exact) mass is 408 g/mol. The summed E-state index contributed by atoms with van der Waals surface area (Å²) in [6.07, 6.45) is 0.738. The Balaban J connectivity index is 0.000000337. The summed E-state index contributed by atoms with van der Waals surface area (Å²) in [5.74, 6) is 0.867. The van der Waals surface area contributed by atoms with Crippen LogP contribution in [0, 0.1) is 0 Å². The number of carbonyl (C=O) groups is 1. The zero-order valence-electron chi connectivity index (χ0n) is 16.8. The van der Waals surface area contributed by atoms with Gasteiger partial charge >= 0.3 is 0 Å². The third-order valence-corrected chi connectivity index (χ3v) is 5.54. The fraction of sp³-hybridized carbons (Fsp3) is 0.409. The fourth-order valence-electron chi connectivity index (χ4n) is 2.70. The van der Waals surface area contributed by atoms with Gasteiger partial charge in [0.1, 0.15) is 0 Å². The number of hydrogen-bond acceptors (Lipinski definition) is 3. The summed E-state index contributed by atoms with van der Waals surface area (Å²) in [7, 11) is -2.53. The SMILES string of the molecule is CC(C)c1cc(C(C)C)c([SH](=O)=O)c(C(C)C)c1.O=Cc1ccccc1Cl. The smallest absolute Gasteiger partial charge is 0.168 e. The molecule has 0 amide bonds. The van der Waals surface area contributed by atoms with E-state index in [1.807, 2.05) is 27.7 Å². The summed E-state index contributed by atoms with van der Waals surface area (Å²) in [4.78, 5) is 10.7. The molecule has 0 radical (unpaired) electrons. The van der Waals surface area contributed by atoms with E-state index in [1.165, 1.54) is 5.56 Å². The van der Waals surface area contributed by atoms with Crippen molar-refractivity contribution in [2.75, 3.05) is 0 Å². The van der Waals surface area contributed by atoms with Gasteiger partial charge in [-0.05, 0) is 40.5 Å². The van der Waals surface area contributed by atoms with Gasteiger partial charge in [0.2, 0.25) is 0 Å². The Morgan fingerprint density at radius 3 is 1.63 bits per heavy atom. The highest BCUT2D eigenvalue weighted by Crippen LogP contribution is 2.32. The molecular formula is C22H29ClO3S. The number of carbonyl (C=O) groups excluding carboxylic acids is 1. The molecule has 27 heavy (non-hydrogen) atoms. The predicted molar refractivity (Wildman–Crippen MR) is 114 cm³/mol. The van der Waals surface area contributed by atoms with E-state index in [-0.39, 0.29) is 11.8 Å². The molecule has 0 heterocycles. The average Bonchev–Trinajstić information content (AvgIpc) is 2.61. The third kappa shape index (κ3) is 6.47. The van der Waals surface area contributed by atoms with Crippen molar-refractivity contribution >= 4 is 28.6 Å². The van der Waals surface area contributed by atoms with Gasteiger partial charge in [-0.1, -0.05) is 83.5 Å². The molecule has 0 spiro atoms. The van der Waals surface area contributed by atoms with E-state index in [0.717, 1.165) is 17.4 Å². The van der Waals surface area contributed by atoms with Crippen molar-refractivity contribution in [3.8, 4) is 0 Å². The van der Waals surface area contributed by atoms with Gasteiger partial charge in [0.05, 0.1) is 9.92 Å². The molecule has 0 saturated carbocycles. The Bertz CT molecular complexity index is 815. The Kier molecular flexibility index (Phi) is 9.20. The van der Waals surface area contributed by atoms with Crippen molar-refractivity contribution in [1.82, 2.24) is 0 Å². The topological polar surface area (TPSA) is 51.2 Å². The van der Waals surface area contributed by atoms with Crippen LogP contribution in [0.2, 0.25) is 5.02 Å². The number of thiol groups is 1. The van der Waals surface area contributed by atoms with Crippen LogP contribution in [-0.4, -0.2) is 14.7 Å². The summed E-state index contributed by atoms with van der Waals surface area (Å²) in [5.41, 5.74) is 3.68. The van der Waals surface area contributed by atoms with E-state index in [1.54, 1.807) is 24.3 Å². The second-order valence-electron chi connectivity index (χ2n) is 7.41. The second-order valence-corrected chi connectivity index (χ2v) is 8.78. The fourth-order valence-corrected chi connectivity index (χ4v) is 3.95. The largest absolute Gasteiger partial charge is 0.298 e. The molecule has 0 atom stereocenters. The molecule has 0 aliphatic carbocycles. The van der Waals surface area contributed by atoms with E-state index < -0.39 is 10.7 Å². The molecule has 2 aromatic carbocycles. The van der Waals surface area contributed by atoms with E-state index >= 15 is 0 Å². The highest BCUT2D eigenvalue weighted by atomic mass is 35.5. The first-order valence-corrected chi connectivity index (χ1v) is 10.7. The lowest BCUT2D eigenvalue weighted by Crippen LogP contribution is -2.05. The van der Waals surface area contributed by atoms with Gasteiger partial charge in [0.15, 0.2) is 17.0 Å². The Hall–Kier alpha value is -1.65. The quantitative estimate of drug-likeness (QED) is 0.474.